The molecule has 2 aromatic rings. The fraction of sp³-hybridized carbons (Fsp3) is 0.353. The summed E-state index contributed by atoms with van der Waals surface area (Å²) >= 11 is 0. The molecule has 0 fully saturated rings. The molecule has 0 amide bonds. The van der Waals surface area contributed by atoms with Gasteiger partial charge in [0, 0.05) is 12.6 Å². The molecular formula is C17H20N2O2. The van der Waals surface area contributed by atoms with Crippen molar-refractivity contribution < 1.29 is 9.47 Å². The third-order valence-corrected chi connectivity index (χ3v) is 3.58. The largest absolute Gasteiger partial charge is 0.478 e. The van der Waals surface area contributed by atoms with Gasteiger partial charge in [-0.25, -0.2) is 4.98 Å². The summed E-state index contributed by atoms with van der Waals surface area (Å²) in [6.45, 7) is 4.69. The maximum absolute atomic E-state index is 5.65. The second-order valence-corrected chi connectivity index (χ2v) is 5.05. The van der Waals surface area contributed by atoms with E-state index in [2.05, 4.69) is 34.6 Å². The number of aromatic nitrogens is 1. The average Bonchev–Trinajstić information content (AvgIpc) is 2.53. The Bertz CT molecular complexity index is 601. The van der Waals surface area contributed by atoms with E-state index in [4.69, 9.17) is 9.47 Å². The van der Waals surface area contributed by atoms with Gasteiger partial charge in [-0.15, -0.1) is 0 Å². The molecule has 0 spiro atoms. The monoisotopic (exact) mass is 284 g/mol. The maximum atomic E-state index is 5.65. The van der Waals surface area contributed by atoms with Crippen molar-refractivity contribution in [2.45, 2.75) is 26.1 Å². The summed E-state index contributed by atoms with van der Waals surface area (Å²) in [5, 5.41) is 3.52. The van der Waals surface area contributed by atoms with Crippen LogP contribution in [0.25, 0.3) is 0 Å². The molecule has 0 saturated carbocycles. The summed E-state index contributed by atoms with van der Waals surface area (Å²) in [4.78, 5) is 4.48. The summed E-state index contributed by atoms with van der Waals surface area (Å²) in [5.74, 6) is 0.678. The fourth-order valence-corrected chi connectivity index (χ4v) is 2.56. The maximum Gasteiger partial charge on any atom is 0.213 e. The summed E-state index contributed by atoms with van der Waals surface area (Å²) < 4.78 is 11.1. The first-order chi connectivity index (χ1) is 10.4. The lowest BCUT2D eigenvalue weighted by Crippen LogP contribution is -2.29. The number of ether oxygens (including phenoxy) is 2. The lowest BCUT2D eigenvalue weighted by Gasteiger charge is -2.26. The number of pyridine rings is 1. The molecule has 21 heavy (non-hydrogen) atoms. The van der Waals surface area contributed by atoms with Crippen molar-refractivity contribution in [2.24, 2.45) is 0 Å². The minimum absolute atomic E-state index is 0.215. The number of benzene rings is 1. The first-order valence-corrected chi connectivity index (χ1v) is 7.34. The van der Waals surface area contributed by atoms with Gasteiger partial charge in [-0.1, -0.05) is 30.3 Å². The van der Waals surface area contributed by atoms with Crippen LogP contribution in [0.4, 0.5) is 0 Å². The van der Waals surface area contributed by atoms with Gasteiger partial charge in [0.25, 0.3) is 0 Å². The lowest BCUT2D eigenvalue weighted by atomic mass is 9.99. The second-order valence-electron chi connectivity index (χ2n) is 5.05. The number of nitrogens with zero attached hydrogens (tertiary/aromatic N) is 1. The Morgan fingerprint density at radius 3 is 3.05 bits per heavy atom. The molecule has 1 aliphatic rings. The zero-order valence-electron chi connectivity index (χ0n) is 12.2. The van der Waals surface area contributed by atoms with Crippen molar-refractivity contribution in [2.75, 3.05) is 13.2 Å². The van der Waals surface area contributed by atoms with E-state index in [1.54, 1.807) is 0 Å². The zero-order chi connectivity index (χ0) is 14.5. The van der Waals surface area contributed by atoms with Gasteiger partial charge in [-0.3, -0.25) is 0 Å². The molecule has 1 aromatic carbocycles. The third-order valence-electron chi connectivity index (χ3n) is 3.58. The number of rotatable bonds is 5. The van der Waals surface area contributed by atoms with Crippen molar-refractivity contribution >= 4 is 0 Å². The van der Waals surface area contributed by atoms with Gasteiger partial charge in [0.2, 0.25) is 5.88 Å². The Morgan fingerprint density at radius 2 is 2.14 bits per heavy atom. The van der Waals surface area contributed by atoms with Crippen LogP contribution in [0.1, 0.15) is 29.8 Å². The molecule has 4 heteroatoms. The van der Waals surface area contributed by atoms with E-state index in [-0.39, 0.29) is 6.04 Å². The third kappa shape index (κ3) is 3.40. The molecule has 1 unspecified atom stereocenters. The molecule has 3 rings (SSSR count). The van der Waals surface area contributed by atoms with Crippen LogP contribution in [0.3, 0.4) is 0 Å². The highest BCUT2D eigenvalue weighted by Gasteiger charge is 2.19. The number of fused-ring (bicyclic) bond motifs is 1. The van der Waals surface area contributed by atoms with Crippen LogP contribution in [0.2, 0.25) is 0 Å². The van der Waals surface area contributed by atoms with E-state index in [1.165, 1.54) is 11.1 Å². The van der Waals surface area contributed by atoms with E-state index in [0.29, 0.717) is 32.2 Å². The molecule has 0 saturated heterocycles. The van der Waals surface area contributed by atoms with E-state index < -0.39 is 0 Å². The Balaban J connectivity index is 1.67. The fourth-order valence-electron chi connectivity index (χ4n) is 2.56. The van der Waals surface area contributed by atoms with Crippen LogP contribution < -0.4 is 10.1 Å². The minimum Gasteiger partial charge on any atom is -0.478 e. The van der Waals surface area contributed by atoms with Crippen LogP contribution >= 0.6 is 0 Å². The van der Waals surface area contributed by atoms with Gasteiger partial charge in [-0.2, -0.15) is 0 Å². The number of hydrogen-bond acceptors (Lipinski definition) is 4. The highest BCUT2D eigenvalue weighted by atomic mass is 16.5. The Hall–Kier alpha value is -1.91. The summed E-state index contributed by atoms with van der Waals surface area (Å²) in [6.07, 6.45) is 0. The van der Waals surface area contributed by atoms with Crippen molar-refractivity contribution in [1.29, 1.82) is 0 Å². The smallest absolute Gasteiger partial charge is 0.213 e. The second kappa shape index (κ2) is 6.70. The summed E-state index contributed by atoms with van der Waals surface area (Å²) in [7, 11) is 0. The van der Waals surface area contributed by atoms with Crippen LogP contribution in [0.15, 0.2) is 42.5 Å². The molecule has 1 atom stereocenters. The van der Waals surface area contributed by atoms with Crippen LogP contribution in [0.5, 0.6) is 5.88 Å². The van der Waals surface area contributed by atoms with E-state index >= 15 is 0 Å². The van der Waals surface area contributed by atoms with E-state index in [9.17, 15) is 0 Å². The van der Waals surface area contributed by atoms with Crippen molar-refractivity contribution in [3.63, 3.8) is 0 Å². The zero-order valence-corrected chi connectivity index (χ0v) is 12.2. The normalized spacial score (nSPS) is 17.3. The summed E-state index contributed by atoms with van der Waals surface area (Å²) in [5.41, 5.74) is 3.56. The first-order valence-electron chi connectivity index (χ1n) is 7.34. The molecule has 1 aromatic heterocycles. The highest BCUT2D eigenvalue weighted by molar-refractivity contribution is 5.31. The van der Waals surface area contributed by atoms with Crippen molar-refractivity contribution in [3.05, 3.63) is 59.3 Å². The van der Waals surface area contributed by atoms with E-state index in [1.807, 2.05) is 25.1 Å². The van der Waals surface area contributed by atoms with E-state index in [0.717, 1.165) is 5.69 Å². The molecule has 110 valence electrons. The Morgan fingerprint density at radius 1 is 1.24 bits per heavy atom. The van der Waals surface area contributed by atoms with Crippen LogP contribution in [-0.2, 0) is 17.9 Å². The SMILES string of the molecule is CCOc1cccc(CNC2COCc3ccccc32)n1. The van der Waals surface area contributed by atoms with Gasteiger partial charge < -0.3 is 14.8 Å². The molecular weight excluding hydrogens is 264 g/mol. The minimum atomic E-state index is 0.215. The lowest BCUT2D eigenvalue weighted by molar-refractivity contribution is 0.0815. The van der Waals surface area contributed by atoms with Gasteiger partial charge in [0.15, 0.2) is 0 Å². The van der Waals surface area contributed by atoms with Gasteiger partial charge in [0.1, 0.15) is 0 Å². The molecule has 0 bridgehead atoms. The average molecular weight is 284 g/mol. The standard InChI is InChI=1S/C17H20N2O2/c1-2-21-17-9-5-7-14(19-17)10-18-16-12-20-11-13-6-3-4-8-15(13)16/h3-9,16,18H,2,10-12H2,1H3. The van der Waals surface area contributed by atoms with Crippen molar-refractivity contribution in [1.82, 2.24) is 10.3 Å². The molecule has 0 aliphatic carbocycles. The number of hydrogen-bond donors (Lipinski definition) is 1. The molecule has 1 N–H and O–H groups in total. The first kappa shape index (κ1) is 14.0. The predicted molar refractivity (Wildman–Crippen MR) is 81.1 cm³/mol. The van der Waals surface area contributed by atoms with Crippen molar-refractivity contribution in [3.8, 4) is 5.88 Å². The molecule has 2 heterocycles. The van der Waals surface area contributed by atoms with Crippen LogP contribution in [-0.4, -0.2) is 18.2 Å². The quantitative estimate of drug-likeness (QED) is 0.917. The predicted octanol–water partition coefficient (Wildman–Crippen LogP) is 2.84. The van der Waals surface area contributed by atoms with Gasteiger partial charge >= 0.3 is 0 Å². The Labute approximate surface area is 125 Å². The molecule has 0 radical (unpaired) electrons. The van der Waals surface area contributed by atoms with Gasteiger partial charge in [-0.05, 0) is 24.1 Å². The van der Waals surface area contributed by atoms with Crippen LogP contribution in [0, 0.1) is 0 Å². The Kier molecular flexibility index (Phi) is 4.48. The highest BCUT2D eigenvalue weighted by Crippen LogP contribution is 2.24. The topological polar surface area (TPSA) is 43.4 Å². The number of nitrogens with one attached hydrogen (secondary N) is 1. The summed E-state index contributed by atoms with van der Waals surface area (Å²) in [6, 6.07) is 14.5. The van der Waals surface area contributed by atoms with Gasteiger partial charge in [0.05, 0.1) is 31.6 Å². The molecule has 1 aliphatic heterocycles. The molecule has 4 nitrogen and oxygen atoms in total.